The van der Waals surface area contributed by atoms with Gasteiger partial charge in [0.15, 0.2) is 17.5 Å². The molecule has 7 heteroatoms. The van der Waals surface area contributed by atoms with E-state index in [1.807, 2.05) is 0 Å². The predicted octanol–water partition coefficient (Wildman–Crippen LogP) is 4.36. The Kier molecular flexibility index (Phi) is 5.07. The molecule has 0 unspecified atom stereocenters. The zero-order valence-corrected chi connectivity index (χ0v) is 12.2. The fraction of sp³-hybridized carbons (Fsp3) is 0.133. The number of carbonyl (C=O) groups is 1. The lowest BCUT2D eigenvalue weighted by Crippen LogP contribution is -2.23. The van der Waals surface area contributed by atoms with Crippen molar-refractivity contribution in [2.75, 3.05) is 5.32 Å². The first-order valence-corrected chi connectivity index (χ1v) is 7.13. The third-order valence-electron chi connectivity index (χ3n) is 2.80. The summed E-state index contributed by atoms with van der Waals surface area (Å²) < 4.78 is 52.9. The van der Waals surface area contributed by atoms with Gasteiger partial charge in [-0.25, -0.2) is 17.6 Å². The Morgan fingerprint density at radius 3 is 2.36 bits per heavy atom. The second kappa shape index (κ2) is 6.83. The molecule has 0 aromatic heterocycles. The van der Waals surface area contributed by atoms with Crippen LogP contribution in [0.5, 0.6) is 0 Å². The summed E-state index contributed by atoms with van der Waals surface area (Å²) in [7, 11) is 0. The number of thioether (sulfide) groups is 1. The maximum absolute atomic E-state index is 13.5. The van der Waals surface area contributed by atoms with Crippen LogP contribution in [0.3, 0.4) is 0 Å². The summed E-state index contributed by atoms with van der Waals surface area (Å²) >= 11 is 0.933. The average Bonchev–Trinajstić information content (AvgIpc) is 2.50. The number of amides is 1. The maximum Gasteiger partial charge on any atom is 0.237 e. The molecule has 2 aromatic carbocycles. The molecule has 0 heterocycles. The number of benzene rings is 2. The molecule has 2 rings (SSSR count). The first-order valence-electron chi connectivity index (χ1n) is 6.25. The Balaban J connectivity index is 2.09. The summed E-state index contributed by atoms with van der Waals surface area (Å²) in [6.45, 7) is 1.49. The average molecular weight is 329 g/mol. The lowest BCUT2D eigenvalue weighted by atomic mass is 10.2. The standard InChI is InChI=1S/C15H11F4NOS/c1-8(22-12-5-3-2-4-9(12)16)15(21)20-11-7-6-10(17)13(18)14(11)19/h2-8H,1H3,(H,20,21)/t8-/m1/s1. The number of halogens is 4. The molecule has 0 saturated carbocycles. The van der Waals surface area contributed by atoms with Gasteiger partial charge in [0.1, 0.15) is 5.82 Å². The van der Waals surface area contributed by atoms with Gasteiger partial charge in [-0.3, -0.25) is 4.79 Å². The quantitative estimate of drug-likeness (QED) is 0.513. The summed E-state index contributed by atoms with van der Waals surface area (Å²) in [5.74, 6) is -5.61. The summed E-state index contributed by atoms with van der Waals surface area (Å²) in [4.78, 5) is 12.2. The number of hydrogen-bond acceptors (Lipinski definition) is 2. The Morgan fingerprint density at radius 1 is 1.00 bits per heavy atom. The van der Waals surface area contributed by atoms with Gasteiger partial charge in [-0.15, -0.1) is 11.8 Å². The Labute approximate surface area is 128 Å². The van der Waals surface area contributed by atoms with E-state index in [9.17, 15) is 22.4 Å². The van der Waals surface area contributed by atoms with Crippen molar-refractivity contribution in [1.82, 2.24) is 0 Å². The highest BCUT2D eigenvalue weighted by Crippen LogP contribution is 2.27. The molecule has 0 spiro atoms. The third-order valence-corrected chi connectivity index (χ3v) is 3.96. The van der Waals surface area contributed by atoms with Crippen LogP contribution >= 0.6 is 11.8 Å². The number of anilines is 1. The van der Waals surface area contributed by atoms with E-state index in [4.69, 9.17) is 0 Å². The van der Waals surface area contributed by atoms with Crippen LogP contribution in [-0.4, -0.2) is 11.2 Å². The Hall–Kier alpha value is -2.02. The van der Waals surface area contributed by atoms with Crippen LogP contribution in [0, 0.1) is 23.3 Å². The van der Waals surface area contributed by atoms with E-state index in [0.29, 0.717) is 6.07 Å². The molecule has 116 valence electrons. The molecule has 0 fully saturated rings. The van der Waals surface area contributed by atoms with E-state index in [1.54, 1.807) is 6.07 Å². The number of hydrogen-bond donors (Lipinski definition) is 1. The lowest BCUT2D eigenvalue weighted by molar-refractivity contribution is -0.115. The molecular formula is C15H11F4NOS. The fourth-order valence-corrected chi connectivity index (χ4v) is 2.53. The lowest BCUT2D eigenvalue weighted by Gasteiger charge is -2.13. The van der Waals surface area contributed by atoms with E-state index in [0.717, 1.165) is 17.8 Å². The Bertz CT molecular complexity index is 708. The highest BCUT2D eigenvalue weighted by atomic mass is 32.2. The van der Waals surface area contributed by atoms with Gasteiger partial charge >= 0.3 is 0 Å². The largest absolute Gasteiger partial charge is 0.323 e. The monoisotopic (exact) mass is 329 g/mol. The van der Waals surface area contributed by atoms with Crippen LogP contribution in [0.1, 0.15) is 6.92 Å². The summed E-state index contributed by atoms with van der Waals surface area (Å²) in [5.41, 5.74) is -0.468. The van der Waals surface area contributed by atoms with Crippen molar-refractivity contribution in [3.05, 3.63) is 59.7 Å². The minimum atomic E-state index is -1.66. The molecule has 1 atom stereocenters. The SMILES string of the molecule is C[C@@H](Sc1ccccc1F)C(=O)Nc1ccc(F)c(F)c1F. The van der Waals surface area contributed by atoms with Crippen LogP contribution in [-0.2, 0) is 4.79 Å². The Morgan fingerprint density at radius 2 is 1.68 bits per heavy atom. The molecule has 2 aromatic rings. The molecule has 0 bridgehead atoms. The summed E-state index contributed by atoms with van der Waals surface area (Å²) in [6, 6.07) is 7.52. The zero-order chi connectivity index (χ0) is 16.3. The van der Waals surface area contributed by atoms with E-state index in [1.165, 1.54) is 25.1 Å². The van der Waals surface area contributed by atoms with Crippen molar-refractivity contribution < 1.29 is 22.4 Å². The van der Waals surface area contributed by atoms with Gasteiger partial charge in [0.25, 0.3) is 0 Å². The second-order valence-electron chi connectivity index (χ2n) is 4.40. The molecule has 0 saturated heterocycles. The second-order valence-corrected chi connectivity index (χ2v) is 5.79. The molecule has 0 aliphatic rings. The molecule has 0 aliphatic heterocycles. The van der Waals surface area contributed by atoms with Gasteiger partial charge < -0.3 is 5.32 Å². The molecule has 2 nitrogen and oxygen atoms in total. The maximum atomic E-state index is 13.5. The van der Waals surface area contributed by atoms with Crippen LogP contribution in [0.4, 0.5) is 23.2 Å². The van der Waals surface area contributed by atoms with Crippen LogP contribution in [0.2, 0.25) is 0 Å². The van der Waals surface area contributed by atoms with E-state index < -0.39 is 40.1 Å². The van der Waals surface area contributed by atoms with E-state index in [-0.39, 0.29) is 4.90 Å². The van der Waals surface area contributed by atoms with Crippen LogP contribution in [0.25, 0.3) is 0 Å². The minimum Gasteiger partial charge on any atom is -0.323 e. The van der Waals surface area contributed by atoms with E-state index >= 15 is 0 Å². The molecule has 0 aliphatic carbocycles. The highest BCUT2D eigenvalue weighted by molar-refractivity contribution is 8.00. The third kappa shape index (κ3) is 3.59. The number of nitrogens with one attached hydrogen (secondary N) is 1. The molecule has 22 heavy (non-hydrogen) atoms. The zero-order valence-electron chi connectivity index (χ0n) is 11.4. The minimum absolute atomic E-state index is 0.260. The van der Waals surface area contributed by atoms with Crippen LogP contribution < -0.4 is 5.32 Å². The first-order chi connectivity index (χ1) is 10.4. The number of carbonyl (C=O) groups excluding carboxylic acids is 1. The molecular weight excluding hydrogens is 318 g/mol. The van der Waals surface area contributed by atoms with Crippen molar-refractivity contribution in [2.24, 2.45) is 0 Å². The first kappa shape index (κ1) is 16.4. The molecule has 0 radical (unpaired) electrons. The number of rotatable bonds is 4. The van der Waals surface area contributed by atoms with Crippen molar-refractivity contribution in [3.63, 3.8) is 0 Å². The normalized spacial score (nSPS) is 12.0. The van der Waals surface area contributed by atoms with Gasteiger partial charge in [0.2, 0.25) is 5.91 Å². The van der Waals surface area contributed by atoms with Gasteiger partial charge in [0.05, 0.1) is 10.9 Å². The van der Waals surface area contributed by atoms with Gasteiger partial charge in [0, 0.05) is 4.90 Å². The topological polar surface area (TPSA) is 29.1 Å². The fourth-order valence-electron chi connectivity index (χ4n) is 1.64. The van der Waals surface area contributed by atoms with Crippen LogP contribution in [0.15, 0.2) is 41.3 Å². The van der Waals surface area contributed by atoms with Crippen molar-refractivity contribution >= 4 is 23.4 Å². The summed E-state index contributed by atoms with van der Waals surface area (Å²) in [5, 5.41) is 1.39. The van der Waals surface area contributed by atoms with Crippen molar-refractivity contribution in [1.29, 1.82) is 0 Å². The molecule has 1 N–H and O–H groups in total. The van der Waals surface area contributed by atoms with Gasteiger partial charge in [-0.05, 0) is 31.2 Å². The molecule has 1 amide bonds. The highest BCUT2D eigenvalue weighted by Gasteiger charge is 2.20. The smallest absolute Gasteiger partial charge is 0.237 e. The summed E-state index contributed by atoms with van der Waals surface area (Å²) in [6.07, 6.45) is 0. The van der Waals surface area contributed by atoms with Gasteiger partial charge in [-0.1, -0.05) is 12.1 Å². The van der Waals surface area contributed by atoms with Gasteiger partial charge in [-0.2, -0.15) is 0 Å². The van der Waals surface area contributed by atoms with Crippen molar-refractivity contribution in [2.45, 2.75) is 17.1 Å². The predicted molar refractivity (Wildman–Crippen MR) is 76.7 cm³/mol. The van der Waals surface area contributed by atoms with E-state index in [2.05, 4.69) is 5.32 Å². The van der Waals surface area contributed by atoms with Crippen molar-refractivity contribution in [3.8, 4) is 0 Å².